The number of rotatable bonds is 5. The van der Waals surface area contributed by atoms with Crippen molar-refractivity contribution in [3.05, 3.63) is 47.8 Å². The van der Waals surface area contributed by atoms with Crippen LogP contribution in [0.15, 0.2) is 30.9 Å². The molecule has 0 bridgehead atoms. The van der Waals surface area contributed by atoms with Gasteiger partial charge in [-0.25, -0.2) is 4.39 Å². The van der Waals surface area contributed by atoms with E-state index in [0.717, 1.165) is 44.6 Å². The molecule has 0 spiro atoms. The number of piperazine rings is 1. The van der Waals surface area contributed by atoms with E-state index in [0.29, 0.717) is 0 Å². The fourth-order valence-corrected chi connectivity index (χ4v) is 2.67. The largest absolute Gasteiger partial charge is 0.314 e. The number of nitriles is 1. The maximum Gasteiger partial charge on any atom is 0.140 e. The molecule has 1 aromatic rings. The Kier molecular flexibility index (Phi) is 10.0. The molecule has 1 fully saturated rings. The first-order valence-electron chi connectivity index (χ1n) is 7.01. The van der Waals surface area contributed by atoms with E-state index in [4.69, 9.17) is 5.26 Å². The van der Waals surface area contributed by atoms with Crippen LogP contribution in [0.5, 0.6) is 0 Å². The summed E-state index contributed by atoms with van der Waals surface area (Å²) in [6, 6.07) is 7.03. The van der Waals surface area contributed by atoms with Gasteiger partial charge in [-0.2, -0.15) is 5.26 Å². The summed E-state index contributed by atoms with van der Waals surface area (Å²) in [7, 11) is 0. The standard InChI is InChI=1S/C16H20FN3.2ClH/c1-2-3-4-16(20-9-7-19-8-10-20)13-5-6-15(17)14(11-13)12-18;;/h2,5-6,11,16,19H,1,3-4,7-10H2;2*1H/t16-;;/m1../s1. The summed E-state index contributed by atoms with van der Waals surface area (Å²) in [4.78, 5) is 2.40. The molecule has 1 saturated heterocycles. The van der Waals surface area contributed by atoms with Gasteiger partial charge in [-0.1, -0.05) is 12.1 Å². The van der Waals surface area contributed by atoms with Gasteiger partial charge >= 0.3 is 0 Å². The first-order valence-corrected chi connectivity index (χ1v) is 7.01. The smallest absolute Gasteiger partial charge is 0.140 e. The summed E-state index contributed by atoms with van der Waals surface area (Å²) < 4.78 is 13.5. The summed E-state index contributed by atoms with van der Waals surface area (Å²) in [5, 5.41) is 12.3. The lowest BCUT2D eigenvalue weighted by atomic mass is 9.97. The van der Waals surface area contributed by atoms with Gasteiger partial charge in [-0.05, 0) is 30.5 Å². The van der Waals surface area contributed by atoms with Crippen molar-refractivity contribution < 1.29 is 4.39 Å². The molecule has 0 saturated carbocycles. The van der Waals surface area contributed by atoms with Crippen molar-refractivity contribution in [2.45, 2.75) is 18.9 Å². The average molecular weight is 346 g/mol. The van der Waals surface area contributed by atoms with Gasteiger partial charge in [0.25, 0.3) is 0 Å². The molecule has 2 rings (SSSR count). The number of hydrogen-bond acceptors (Lipinski definition) is 3. The maximum atomic E-state index is 13.5. The van der Waals surface area contributed by atoms with Crippen molar-refractivity contribution in [3.8, 4) is 6.07 Å². The van der Waals surface area contributed by atoms with Crippen LogP contribution in [-0.4, -0.2) is 31.1 Å². The molecule has 1 aliphatic rings. The van der Waals surface area contributed by atoms with Crippen molar-refractivity contribution in [1.29, 1.82) is 5.26 Å². The van der Waals surface area contributed by atoms with Crippen LogP contribution in [0.1, 0.15) is 30.0 Å². The fourth-order valence-electron chi connectivity index (χ4n) is 2.67. The SMILES string of the molecule is C=CCC[C@H](c1ccc(F)c(C#N)c1)N1CCNCC1.Cl.Cl. The number of hydrogen-bond donors (Lipinski definition) is 1. The molecule has 22 heavy (non-hydrogen) atoms. The number of halogens is 3. The summed E-state index contributed by atoms with van der Waals surface area (Å²) in [5.74, 6) is -0.445. The number of nitrogens with zero attached hydrogens (tertiary/aromatic N) is 2. The van der Waals surface area contributed by atoms with E-state index in [1.54, 1.807) is 12.1 Å². The van der Waals surface area contributed by atoms with Crippen LogP contribution in [0.2, 0.25) is 0 Å². The van der Waals surface area contributed by atoms with Gasteiger partial charge in [0.1, 0.15) is 11.9 Å². The molecule has 0 unspecified atom stereocenters. The van der Waals surface area contributed by atoms with E-state index in [2.05, 4.69) is 16.8 Å². The van der Waals surface area contributed by atoms with Crippen LogP contribution in [0, 0.1) is 17.1 Å². The van der Waals surface area contributed by atoms with Crippen LogP contribution < -0.4 is 5.32 Å². The van der Waals surface area contributed by atoms with Crippen LogP contribution in [-0.2, 0) is 0 Å². The summed E-state index contributed by atoms with van der Waals surface area (Å²) in [6.45, 7) is 7.66. The number of nitrogens with one attached hydrogen (secondary N) is 1. The van der Waals surface area contributed by atoms with Gasteiger partial charge in [-0.3, -0.25) is 4.90 Å². The summed E-state index contributed by atoms with van der Waals surface area (Å²) in [6.07, 6.45) is 3.76. The minimum absolute atomic E-state index is 0. The van der Waals surface area contributed by atoms with Crippen molar-refractivity contribution in [3.63, 3.8) is 0 Å². The van der Waals surface area contributed by atoms with Gasteiger partial charge in [0.15, 0.2) is 0 Å². The molecule has 1 atom stereocenters. The third-order valence-electron chi connectivity index (χ3n) is 3.73. The quantitative estimate of drug-likeness (QED) is 0.830. The van der Waals surface area contributed by atoms with E-state index >= 15 is 0 Å². The van der Waals surface area contributed by atoms with Crippen molar-refractivity contribution >= 4 is 24.8 Å². The predicted octanol–water partition coefficient (Wildman–Crippen LogP) is 3.45. The molecule has 0 aliphatic carbocycles. The molecule has 3 nitrogen and oxygen atoms in total. The highest BCUT2D eigenvalue weighted by molar-refractivity contribution is 5.85. The first kappa shape index (κ1) is 20.9. The maximum absolute atomic E-state index is 13.5. The molecule has 1 aliphatic heterocycles. The zero-order chi connectivity index (χ0) is 14.4. The Morgan fingerprint density at radius 1 is 1.36 bits per heavy atom. The van der Waals surface area contributed by atoms with Crippen LogP contribution in [0.25, 0.3) is 0 Å². The molecule has 1 heterocycles. The van der Waals surface area contributed by atoms with E-state index in [9.17, 15) is 4.39 Å². The average Bonchev–Trinajstić information content (AvgIpc) is 2.50. The molecule has 1 N–H and O–H groups in total. The second-order valence-electron chi connectivity index (χ2n) is 5.02. The zero-order valence-corrected chi connectivity index (χ0v) is 14.1. The fraction of sp³-hybridized carbons (Fsp3) is 0.438. The molecule has 1 aromatic carbocycles. The highest BCUT2D eigenvalue weighted by Crippen LogP contribution is 2.27. The normalized spacial score (nSPS) is 15.8. The van der Waals surface area contributed by atoms with E-state index in [-0.39, 0.29) is 36.4 Å². The molecule has 6 heteroatoms. The summed E-state index contributed by atoms with van der Waals surface area (Å²) in [5.41, 5.74) is 1.15. The van der Waals surface area contributed by atoms with E-state index < -0.39 is 5.82 Å². The predicted molar refractivity (Wildman–Crippen MR) is 92.2 cm³/mol. The Hall–Kier alpha value is -1.12. The zero-order valence-electron chi connectivity index (χ0n) is 12.4. The molecule has 0 radical (unpaired) electrons. The van der Waals surface area contributed by atoms with Gasteiger partial charge in [0.05, 0.1) is 5.56 Å². The lowest BCUT2D eigenvalue weighted by Gasteiger charge is -2.35. The van der Waals surface area contributed by atoms with Crippen LogP contribution >= 0.6 is 24.8 Å². The molecule has 0 aromatic heterocycles. The number of benzene rings is 1. The highest BCUT2D eigenvalue weighted by atomic mass is 35.5. The molecule has 0 amide bonds. The monoisotopic (exact) mass is 345 g/mol. The van der Waals surface area contributed by atoms with Gasteiger partial charge in [0, 0.05) is 32.2 Å². The molecular formula is C16H22Cl2FN3. The van der Waals surface area contributed by atoms with Gasteiger partial charge in [0.2, 0.25) is 0 Å². The van der Waals surface area contributed by atoms with Crippen molar-refractivity contribution in [2.75, 3.05) is 26.2 Å². The van der Waals surface area contributed by atoms with Crippen LogP contribution in [0.3, 0.4) is 0 Å². The Morgan fingerprint density at radius 2 is 2.05 bits per heavy atom. The van der Waals surface area contributed by atoms with Gasteiger partial charge in [-0.15, -0.1) is 31.4 Å². The first-order chi connectivity index (χ1) is 9.76. The van der Waals surface area contributed by atoms with Gasteiger partial charge < -0.3 is 5.32 Å². The Balaban J connectivity index is 0.00000220. The van der Waals surface area contributed by atoms with E-state index in [1.807, 2.05) is 12.1 Å². The minimum atomic E-state index is -0.445. The Labute approximate surface area is 144 Å². The molecular weight excluding hydrogens is 324 g/mol. The number of allylic oxidation sites excluding steroid dienone is 1. The van der Waals surface area contributed by atoms with Crippen molar-refractivity contribution in [1.82, 2.24) is 10.2 Å². The van der Waals surface area contributed by atoms with E-state index in [1.165, 1.54) is 6.07 Å². The van der Waals surface area contributed by atoms with Crippen LogP contribution in [0.4, 0.5) is 4.39 Å². The topological polar surface area (TPSA) is 39.1 Å². The second-order valence-corrected chi connectivity index (χ2v) is 5.02. The third kappa shape index (κ3) is 5.26. The van der Waals surface area contributed by atoms with Crippen molar-refractivity contribution in [2.24, 2.45) is 0 Å². The Bertz CT molecular complexity index is 511. The molecule has 122 valence electrons. The minimum Gasteiger partial charge on any atom is -0.314 e. The Morgan fingerprint density at radius 3 is 2.64 bits per heavy atom. The third-order valence-corrected chi connectivity index (χ3v) is 3.73. The highest BCUT2D eigenvalue weighted by Gasteiger charge is 2.22. The second kappa shape index (κ2) is 10.6. The lowest BCUT2D eigenvalue weighted by Crippen LogP contribution is -2.45. The lowest BCUT2D eigenvalue weighted by molar-refractivity contribution is 0.166. The summed E-state index contributed by atoms with van der Waals surface area (Å²) >= 11 is 0.